The minimum absolute atomic E-state index is 0.219. The molecule has 1 aromatic heterocycles. The highest BCUT2D eigenvalue weighted by atomic mass is 32.1. The standard InChI is InChI=1S/C32H35NO6S/c1-19(14-20-10-12-27(35)24-8-4-3-7-23(20)24)9-11-28(36)29-21(18-39-2)15-25-30(26(29)17-34)32(38)33(31(25)37)16-22-6-5-13-40-22/h3-8,10,12-14,25-26,28,30,34-36H,9,11,15-18H2,1-2H3/b19-14+/t25-,26+,28-,30-/m1/s1. The number of rotatable bonds is 10. The van der Waals surface area contributed by atoms with E-state index in [-0.39, 0.29) is 37.3 Å². The third-order valence-corrected chi connectivity index (χ3v) is 9.05. The largest absolute Gasteiger partial charge is 0.507 e. The molecule has 7 nitrogen and oxygen atoms in total. The summed E-state index contributed by atoms with van der Waals surface area (Å²) in [4.78, 5) is 29.1. The Balaban J connectivity index is 1.37. The van der Waals surface area contributed by atoms with Crippen LogP contribution in [0.1, 0.15) is 36.6 Å². The number of imide groups is 1. The third kappa shape index (κ3) is 5.37. The number of carbonyl (C=O) groups excluding carboxylic acids is 2. The first-order valence-corrected chi connectivity index (χ1v) is 14.5. The molecule has 1 aliphatic carbocycles. The number of ether oxygens (including phenoxy) is 1. The van der Waals surface area contributed by atoms with Crippen molar-refractivity contribution in [2.24, 2.45) is 17.8 Å². The van der Waals surface area contributed by atoms with E-state index in [0.717, 1.165) is 32.4 Å². The van der Waals surface area contributed by atoms with E-state index in [0.29, 0.717) is 24.8 Å². The summed E-state index contributed by atoms with van der Waals surface area (Å²) in [5.74, 6) is -2.16. The first kappa shape index (κ1) is 28.2. The number of amides is 2. The average Bonchev–Trinajstić information content (AvgIpc) is 3.56. The van der Waals surface area contributed by atoms with Gasteiger partial charge in [-0.25, -0.2) is 0 Å². The van der Waals surface area contributed by atoms with Crippen molar-refractivity contribution in [1.82, 2.24) is 4.90 Å². The van der Waals surface area contributed by atoms with Gasteiger partial charge in [-0.1, -0.05) is 48.0 Å². The maximum absolute atomic E-state index is 13.5. The molecular weight excluding hydrogens is 526 g/mol. The van der Waals surface area contributed by atoms with Crippen molar-refractivity contribution in [2.45, 2.75) is 38.8 Å². The van der Waals surface area contributed by atoms with Crippen molar-refractivity contribution in [2.75, 3.05) is 20.3 Å². The van der Waals surface area contributed by atoms with E-state index < -0.39 is 23.9 Å². The Morgan fingerprint density at radius 1 is 1.12 bits per heavy atom. The fraction of sp³-hybridized carbons (Fsp3) is 0.375. The van der Waals surface area contributed by atoms with Gasteiger partial charge in [0.05, 0.1) is 37.7 Å². The van der Waals surface area contributed by atoms with Crippen LogP contribution in [0.5, 0.6) is 5.75 Å². The van der Waals surface area contributed by atoms with Crippen molar-refractivity contribution < 1.29 is 29.6 Å². The summed E-state index contributed by atoms with van der Waals surface area (Å²) in [7, 11) is 1.57. The summed E-state index contributed by atoms with van der Waals surface area (Å²) < 4.78 is 5.44. The molecule has 4 atom stereocenters. The molecule has 1 saturated heterocycles. The molecule has 2 aromatic carbocycles. The molecule has 0 spiro atoms. The van der Waals surface area contributed by atoms with Crippen LogP contribution < -0.4 is 0 Å². The van der Waals surface area contributed by atoms with Crippen LogP contribution in [0.3, 0.4) is 0 Å². The van der Waals surface area contributed by atoms with Gasteiger partial charge in [0.1, 0.15) is 5.75 Å². The molecule has 8 heteroatoms. The van der Waals surface area contributed by atoms with E-state index in [9.17, 15) is 24.9 Å². The molecular formula is C32H35NO6S. The first-order valence-electron chi connectivity index (χ1n) is 13.6. The number of fused-ring (bicyclic) bond motifs is 2. The lowest BCUT2D eigenvalue weighted by Crippen LogP contribution is -2.39. The lowest BCUT2D eigenvalue weighted by molar-refractivity contribution is -0.140. The number of phenols is 1. The number of aromatic hydroxyl groups is 1. The highest BCUT2D eigenvalue weighted by Crippen LogP contribution is 2.46. The first-order chi connectivity index (χ1) is 19.3. The molecule has 40 heavy (non-hydrogen) atoms. The van der Waals surface area contributed by atoms with Crippen LogP contribution in [-0.4, -0.2) is 58.5 Å². The summed E-state index contributed by atoms with van der Waals surface area (Å²) in [6, 6.07) is 15.0. The molecule has 0 bridgehead atoms. The summed E-state index contributed by atoms with van der Waals surface area (Å²) >= 11 is 1.50. The maximum atomic E-state index is 13.5. The van der Waals surface area contributed by atoms with Gasteiger partial charge in [0.15, 0.2) is 0 Å². The normalized spacial score (nSPS) is 22.4. The second-order valence-electron chi connectivity index (χ2n) is 10.7. The van der Waals surface area contributed by atoms with Crippen LogP contribution in [0.25, 0.3) is 16.8 Å². The van der Waals surface area contributed by atoms with Crippen molar-refractivity contribution in [3.05, 3.63) is 81.1 Å². The van der Waals surface area contributed by atoms with E-state index >= 15 is 0 Å². The van der Waals surface area contributed by atoms with Crippen LogP contribution in [0.2, 0.25) is 0 Å². The smallest absolute Gasteiger partial charge is 0.234 e. The molecule has 0 radical (unpaired) electrons. The molecule has 5 rings (SSSR count). The van der Waals surface area contributed by atoms with Gasteiger partial charge >= 0.3 is 0 Å². The zero-order valence-corrected chi connectivity index (χ0v) is 23.6. The predicted octanol–water partition coefficient (Wildman–Crippen LogP) is 4.91. The van der Waals surface area contributed by atoms with Crippen molar-refractivity contribution in [3.8, 4) is 5.75 Å². The van der Waals surface area contributed by atoms with Gasteiger partial charge < -0.3 is 20.1 Å². The minimum Gasteiger partial charge on any atom is -0.507 e. The molecule has 3 N–H and O–H groups in total. The van der Waals surface area contributed by atoms with E-state index in [2.05, 4.69) is 6.08 Å². The number of allylic oxidation sites excluding steroid dienone is 1. The van der Waals surface area contributed by atoms with E-state index in [4.69, 9.17) is 4.74 Å². The Hall–Kier alpha value is -3.30. The van der Waals surface area contributed by atoms with Crippen molar-refractivity contribution in [3.63, 3.8) is 0 Å². The molecule has 1 aliphatic heterocycles. The number of aliphatic hydroxyl groups excluding tert-OH is 2. The molecule has 2 amide bonds. The van der Waals surface area contributed by atoms with Gasteiger partial charge in [-0.2, -0.15) is 0 Å². The van der Waals surface area contributed by atoms with Crippen LogP contribution in [0.15, 0.2) is 70.6 Å². The lowest BCUT2D eigenvalue weighted by Gasteiger charge is -2.36. The summed E-state index contributed by atoms with van der Waals surface area (Å²) in [6.07, 6.45) is 2.49. The van der Waals surface area contributed by atoms with Gasteiger partial charge in [0, 0.05) is 23.3 Å². The molecule has 2 aliphatic rings. The van der Waals surface area contributed by atoms with Gasteiger partial charge in [-0.15, -0.1) is 11.3 Å². The number of carbonyl (C=O) groups is 2. The lowest BCUT2D eigenvalue weighted by atomic mass is 9.68. The van der Waals surface area contributed by atoms with Crippen LogP contribution in [-0.2, 0) is 20.9 Å². The van der Waals surface area contributed by atoms with Crippen molar-refractivity contribution in [1.29, 1.82) is 0 Å². The van der Waals surface area contributed by atoms with E-state index in [1.807, 2.05) is 54.8 Å². The Morgan fingerprint density at radius 3 is 2.60 bits per heavy atom. The maximum Gasteiger partial charge on any atom is 0.234 e. The van der Waals surface area contributed by atoms with E-state index in [1.165, 1.54) is 16.2 Å². The predicted molar refractivity (Wildman–Crippen MR) is 155 cm³/mol. The van der Waals surface area contributed by atoms with Crippen LogP contribution in [0, 0.1) is 17.8 Å². The number of hydrogen-bond acceptors (Lipinski definition) is 7. The average molecular weight is 562 g/mol. The number of benzene rings is 2. The van der Waals surface area contributed by atoms with Crippen molar-refractivity contribution >= 4 is 40.0 Å². The van der Waals surface area contributed by atoms with Crippen LogP contribution >= 0.6 is 11.3 Å². The molecule has 0 saturated carbocycles. The Bertz CT molecular complexity index is 1460. The second-order valence-corrected chi connectivity index (χ2v) is 11.8. The quantitative estimate of drug-likeness (QED) is 0.240. The highest BCUT2D eigenvalue weighted by Gasteiger charge is 2.54. The number of thiophene rings is 1. The number of phenolic OH excluding ortho intramolecular Hbond substituents is 1. The molecule has 1 fully saturated rings. The van der Waals surface area contributed by atoms with Gasteiger partial charge in [0.25, 0.3) is 0 Å². The van der Waals surface area contributed by atoms with Crippen LogP contribution in [0.4, 0.5) is 0 Å². The second kappa shape index (κ2) is 12.1. The Kier molecular flexibility index (Phi) is 8.51. The monoisotopic (exact) mass is 561 g/mol. The van der Waals surface area contributed by atoms with E-state index in [1.54, 1.807) is 13.2 Å². The topological polar surface area (TPSA) is 107 Å². The minimum atomic E-state index is -0.891. The zero-order valence-electron chi connectivity index (χ0n) is 22.7. The molecule has 3 aromatic rings. The Morgan fingerprint density at radius 2 is 1.90 bits per heavy atom. The Labute approximate surface area is 238 Å². The third-order valence-electron chi connectivity index (χ3n) is 8.19. The summed E-state index contributed by atoms with van der Waals surface area (Å²) in [5, 5.41) is 35.8. The van der Waals surface area contributed by atoms with Gasteiger partial charge in [-0.05, 0) is 65.8 Å². The fourth-order valence-corrected chi connectivity index (χ4v) is 7.03. The molecule has 210 valence electrons. The number of nitrogens with zero attached hydrogens (tertiary/aromatic N) is 1. The number of hydrogen-bond donors (Lipinski definition) is 3. The number of likely N-dealkylation sites (tertiary alicyclic amines) is 1. The number of methoxy groups -OCH3 is 1. The molecule has 0 unspecified atom stereocenters. The molecule has 2 heterocycles. The van der Waals surface area contributed by atoms with Gasteiger partial charge in [0.2, 0.25) is 11.8 Å². The fourth-order valence-electron chi connectivity index (χ4n) is 6.34. The van der Waals surface area contributed by atoms with Gasteiger partial charge in [-0.3, -0.25) is 14.5 Å². The SMILES string of the molecule is COCC1=C([C@H](O)CC/C(C)=C/c2ccc(O)c3ccccc23)[C@H](CO)[C@@H]2C(=O)N(Cc3cccs3)C(=O)[C@@H]2C1. The number of aliphatic hydroxyl groups is 2. The summed E-state index contributed by atoms with van der Waals surface area (Å²) in [5.41, 5.74) is 3.45. The summed E-state index contributed by atoms with van der Waals surface area (Å²) in [6.45, 7) is 2.13. The zero-order chi connectivity index (χ0) is 28.4. The highest BCUT2D eigenvalue weighted by molar-refractivity contribution is 7.09.